The second-order valence-electron chi connectivity index (χ2n) is 20.7. The molecule has 0 fully saturated rings. The molecule has 2 aromatic carbocycles. The van der Waals surface area contributed by atoms with E-state index in [9.17, 15) is 88.2 Å². The molecule has 0 spiro atoms. The minimum absolute atomic E-state index is 0.128. The molecule has 0 saturated heterocycles. The largest absolute Gasteiger partial charge is 0.508 e. The Morgan fingerprint density at radius 1 is 0.500 bits per heavy atom. The van der Waals surface area contributed by atoms with Crippen LogP contribution in [0.15, 0.2) is 61.1 Å². The number of primary amides is 2. The predicted octanol–water partition coefficient (Wildman–Crippen LogP) is -6.69. The number of rotatable bonds is 40. The van der Waals surface area contributed by atoms with Gasteiger partial charge in [0.2, 0.25) is 65.0 Å². The zero-order valence-corrected chi connectivity index (χ0v) is 48.6. The predicted molar refractivity (Wildman–Crippen MR) is 309 cm³/mol. The summed E-state index contributed by atoms with van der Waals surface area (Å²) in [5.41, 5.74) is 23.4. The van der Waals surface area contributed by atoms with E-state index in [1.54, 1.807) is 13.8 Å². The van der Waals surface area contributed by atoms with E-state index in [0.29, 0.717) is 37.1 Å². The summed E-state index contributed by atoms with van der Waals surface area (Å²) in [6.45, 7) is 0.246. The van der Waals surface area contributed by atoms with Crippen molar-refractivity contribution in [3.05, 3.63) is 77.9 Å². The van der Waals surface area contributed by atoms with Crippen molar-refractivity contribution >= 4 is 70.9 Å². The Labute approximate surface area is 505 Å². The summed E-state index contributed by atoms with van der Waals surface area (Å²) in [4.78, 5) is 167. The van der Waals surface area contributed by atoms with Crippen LogP contribution in [0.1, 0.15) is 82.0 Å². The van der Waals surface area contributed by atoms with Crippen molar-refractivity contribution in [1.29, 1.82) is 0 Å². The van der Waals surface area contributed by atoms with E-state index in [1.807, 2.05) is 0 Å². The quantitative estimate of drug-likeness (QED) is 0.0235. The van der Waals surface area contributed by atoms with Gasteiger partial charge in [0.05, 0.1) is 32.2 Å². The van der Waals surface area contributed by atoms with Gasteiger partial charge in [0.15, 0.2) is 0 Å². The SMILES string of the molecule is CC[C@H](C)[C@H](NC(=O)[C@H](Cc1ccc(O)cc1)NC(=O)[C@H](CO)NC(=O)[C@H](Cc1ccc(O)cc1)NC(=O)[C@H](CCC(N)=O)NC(=O)[C@H](CCC(N)=O)NC(=O)[C@H](CO)NC(=O)[C@H](CO)NC(=O)[C@H](Cc1cnc[nH]1)NC(=O)[C@@H](N)CCCCN)C(=O)O. The number of nitrogens with one attached hydrogen (secondary N) is 10. The van der Waals surface area contributed by atoms with Gasteiger partial charge in [0.1, 0.15) is 65.9 Å². The number of carboxylic acid groups (broad SMARTS) is 1. The highest BCUT2D eigenvalue weighted by molar-refractivity contribution is 5.99. The van der Waals surface area contributed by atoms with Crippen molar-refractivity contribution in [3.63, 3.8) is 0 Å². The number of aliphatic hydroxyl groups excluding tert-OH is 3. The first-order valence-corrected chi connectivity index (χ1v) is 28.1. The number of nitrogens with zero attached hydrogens (tertiary/aromatic N) is 1. The van der Waals surface area contributed by atoms with Crippen molar-refractivity contribution in [2.45, 2.75) is 145 Å². The summed E-state index contributed by atoms with van der Waals surface area (Å²) in [5.74, 6) is -14.2. The van der Waals surface area contributed by atoms with Gasteiger partial charge in [-0.15, -0.1) is 0 Å². The first-order chi connectivity index (χ1) is 41.7. The number of nitrogens with two attached hydrogens (primary N) is 4. The van der Waals surface area contributed by atoms with Crippen molar-refractivity contribution in [2.75, 3.05) is 26.4 Å². The molecule has 484 valence electrons. The fourth-order valence-electron chi connectivity index (χ4n) is 8.43. The van der Waals surface area contributed by atoms with Gasteiger partial charge in [0, 0.05) is 44.0 Å². The second kappa shape index (κ2) is 37.3. The van der Waals surface area contributed by atoms with Crippen LogP contribution in [-0.2, 0) is 76.8 Å². The molecule has 11 atom stereocenters. The van der Waals surface area contributed by atoms with E-state index < -0.39 is 189 Å². The number of amides is 11. The van der Waals surface area contributed by atoms with Gasteiger partial charge in [-0.3, -0.25) is 52.7 Å². The second-order valence-corrected chi connectivity index (χ2v) is 20.7. The molecular weight excluding hydrogens is 1160 g/mol. The number of phenols is 2. The van der Waals surface area contributed by atoms with Crippen LogP contribution < -0.4 is 70.8 Å². The summed E-state index contributed by atoms with van der Waals surface area (Å²) in [5, 5.41) is 81.7. The first kappa shape index (κ1) is 72.9. The van der Waals surface area contributed by atoms with Gasteiger partial charge in [-0.1, -0.05) is 51.0 Å². The number of H-pyrrole nitrogens is 1. The van der Waals surface area contributed by atoms with Crippen LogP contribution in [-0.4, -0.2) is 198 Å². The van der Waals surface area contributed by atoms with Crippen LogP contribution in [0.4, 0.5) is 0 Å². The van der Waals surface area contributed by atoms with E-state index in [4.69, 9.17) is 22.9 Å². The van der Waals surface area contributed by atoms with Gasteiger partial charge in [-0.2, -0.15) is 0 Å². The Kier molecular flexibility index (Phi) is 30.9. The summed E-state index contributed by atoms with van der Waals surface area (Å²) < 4.78 is 0. The lowest BCUT2D eigenvalue weighted by atomic mass is 9.98. The molecule has 1 aromatic heterocycles. The van der Waals surface area contributed by atoms with Crippen molar-refractivity contribution < 1.29 is 88.2 Å². The van der Waals surface area contributed by atoms with Crippen LogP contribution in [0, 0.1) is 5.92 Å². The molecule has 3 rings (SSSR count). The Morgan fingerprint density at radius 3 is 1.20 bits per heavy atom. The molecule has 24 N–H and O–H groups in total. The van der Waals surface area contributed by atoms with Crippen LogP contribution in [0.2, 0.25) is 0 Å². The number of carbonyl (C=O) groups excluding carboxylic acids is 11. The summed E-state index contributed by atoms with van der Waals surface area (Å²) in [6, 6.07) is -5.77. The van der Waals surface area contributed by atoms with Crippen molar-refractivity contribution in [2.24, 2.45) is 28.9 Å². The monoisotopic (exact) mass is 1240 g/mol. The number of hydrogen-bond acceptors (Lipinski definition) is 20. The molecule has 11 amide bonds. The highest BCUT2D eigenvalue weighted by Gasteiger charge is 2.37. The lowest BCUT2D eigenvalue weighted by molar-refractivity contribution is -0.144. The zero-order chi connectivity index (χ0) is 65.6. The topological polar surface area (TPSA) is 567 Å². The Morgan fingerprint density at radius 2 is 0.852 bits per heavy atom. The number of aliphatic carboxylic acids is 1. The van der Waals surface area contributed by atoms with Crippen LogP contribution in [0.25, 0.3) is 0 Å². The number of unbranched alkanes of at least 4 members (excludes halogenated alkanes) is 1. The zero-order valence-electron chi connectivity index (χ0n) is 48.6. The maximum Gasteiger partial charge on any atom is 0.326 e. The molecule has 0 saturated carbocycles. The number of phenolic OH excluding ortho intramolecular Hbond substituents is 2. The van der Waals surface area contributed by atoms with Gasteiger partial charge in [-0.05, 0) is 73.5 Å². The standard InChI is InChI=1S/C55H81N15O18/c1-3-28(2)45(55(87)88)70-51(83)38(21-30-9-13-33(75)14-10-30)66-53(85)41(25-72)67-49(81)37(20-29-7-11-32(74)12-8-29)65-48(80)36(16-18-44(59)77)62-47(79)35(15-17-43(58)76)63-52(84)40(24-71)69-54(86)42(26-73)68-50(82)39(22-31-23-60-27-61-31)64-46(78)34(57)6-4-5-19-56/h7-14,23,27-28,34-42,45,71-75H,3-6,15-22,24-26,56-57H2,1-2H3,(H2,58,76)(H2,59,77)(H,60,61)(H,62,79)(H,63,84)(H,64,78)(H,65,80)(H,66,85)(H,67,81)(H,68,82)(H,69,86)(H,70,83)(H,87,88)/t28-,34-,35-,36-,37-,38-,39-,40-,41-,42-,45-/m0/s1. The number of carbonyl (C=O) groups is 12. The molecule has 0 aliphatic rings. The number of aromatic amines is 1. The Hall–Kier alpha value is -9.31. The fraction of sp³-hybridized carbons (Fsp3) is 0.509. The Bertz CT molecular complexity index is 2830. The van der Waals surface area contributed by atoms with Gasteiger partial charge >= 0.3 is 5.97 Å². The minimum Gasteiger partial charge on any atom is -0.508 e. The average Bonchev–Trinajstić information content (AvgIpc) is 4.16. The number of aromatic hydroxyl groups is 2. The third kappa shape index (κ3) is 25.0. The van der Waals surface area contributed by atoms with Crippen LogP contribution >= 0.6 is 0 Å². The molecule has 0 radical (unpaired) electrons. The fourth-order valence-corrected chi connectivity index (χ4v) is 8.43. The third-order valence-electron chi connectivity index (χ3n) is 13.8. The molecule has 0 unspecified atom stereocenters. The van der Waals surface area contributed by atoms with E-state index in [1.165, 1.54) is 61.1 Å². The average molecular weight is 1240 g/mol. The van der Waals surface area contributed by atoms with E-state index in [0.717, 1.165) is 0 Å². The molecule has 0 aliphatic carbocycles. The van der Waals surface area contributed by atoms with Gasteiger partial charge < -0.3 is 106 Å². The molecule has 0 aliphatic heterocycles. The summed E-state index contributed by atoms with van der Waals surface area (Å²) >= 11 is 0. The normalized spacial score (nSPS) is 14.8. The lowest BCUT2D eigenvalue weighted by Gasteiger charge is -2.28. The molecule has 33 heteroatoms. The number of carboxylic acids is 1. The number of imidazole rings is 1. The first-order valence-electron chi connectivity index (χ1n) is 28.1. The molecule has 3 aromatic rings. The third-order valence-corrected chi connectivity index (χ3v) is 13.8. The van der Waals surface area contributed by atoms with Crippen LogP contribution in [0.5, 0.6) is 11.5 Å². The maximum absolute atomic E-state index is 14.3. The van der Waals surface area contributed by atoms with E-state index in [-0.39, 0.29) is 36.3 Å². The Balaban J connectivity index is 1.89. The number of aromatic nitrogens is 2. The molecule has 0 bridgehead atoms. The lowest BCUT2D eigenvalue weighted by Crippen LogP contribution is -2.62. The van der Waals surface area contributed by atoms with E-state index >= 15 is 0 Å². The molecule has 1 heterocycles. The number of benzene rings is 2. The molecular formula is C55H81N15O18. The summed E-state index contributed by atoms with van der Waals surface area (Å²) in [6.07, 6.45) is 1.06. The van der Waals surface area contributed by atoms with Crippen molar-refractivity contribution in [1.82, 2.24) is 57.8 Å². The van der Waals surface area contributed by atoms with E-state index in [2.05, 4.69) is 57.8 Å². The van der Waals surface area contributed by atoms with Crippen LogP contribution in [0.3, 0.4) is 0 Å². The number of hydrogen-bond donors (Lipinski definition) is 20. The summed E-state index contributed by atoms with van der Waals surface area (Å²) in [7, 11) is 0. The van der Waals surface area contributed by atoms with Crippen molar-refractivity contribution in [3.8, 4) is 11.5 Å². The highest BCUT2D eigenvalue weighted by atomic mass is 16.4. The number of aliphatic hydroxyl groups is 3. The highest BCUT2D eigenvalue weighted by Crippen LogP contribution is 2.16. The maximum atomic E-state index is 14.3. The van der Waals surface area contributed by atoms with Gasteiger partial charge in [0.25, 0.3) is 0 Å². The smallest absolute Gasteiger partial charge is 0.326 e. The molecule has 33 nitrogen and oxygen atoms in total. The van der Waals surface area contributed by atoms with Gasteiger partial charge in [-0.25, -0.2) is 9.78 Å². The minimum atomic E-state index is -1.95. The molecule has 88 heavy (non-hydrogen) atoms.